The highest BCUT2D eigenvalue weighted by Gasteiger charge is 2.40. The van der Waals surface area contributed by atoms with E-state index in [0.717, 1.165) is 21.6 Å². The second-order valence-electron chi connectivity index (χ2n) is 5.32. The van der Waals surface area contributed by atoms with Crippen molar-refractivity contribution in [2.75, 3.05) is 6.54 Å². The molecule has 0 unspecified atom stereocenters. The van der Waals surface area contributed by atoms with Crippen LogP contribution in [-0.4, -0.2) is 43.2 Å². The Bertz CT molecular complexity index is 862. The van der Waals surface area contributed by atoms with Gasteiger partial charge in [0.25, 0.3) is 5.91 Å². The number of amides is 1. The number of benzene rings is 1. The van der Waals surface area contributed by atoms with Crippen molar-refractivity contribution in [3.63, 3.8) is 0 Å². The number of carbonyl (C=O) groups is 2. The Kier molecular flexibility index (Phi) is 3.93. The number of fused-ring (bicyclic) bond motifs is 1. The number of halogens is 4. The van der Waals surface area contributed by atoms with Gasteiger partial charge in [0.15, 0.2) is 5.82 Å². The average Bonchev–Trinajstić information content (AvgIpc) is 2.97. The summed E-state index contributed by atoms with van der Waals surface area (Å²) >= 11 is 0. The molecule has 7 nitrogen and oxygen atoms in total. The van der Waals surface area contributed by atoms with Gasteiger partial charge in [-0.25, -0.2) is 9.18 Å². The molecule has 1 amide bonds. The number of aromatic carboxylic acids is 1. The van der Waals surface area contributed by atoms with Crippen molar-refractivity contribution < 1.29 is 32.3 Å². The lowest BCUT2D eigenvalue weighted by atomic mass is 10.1. The Balaban J connectivity index is 1.84. The largest absolute Gasteiger partial charge is 0.478 e. The monoisotopic (exact) mass is 358 g/mol. The number of carboxylic acid groups (broad SMARTS) is 1. The summed E-state index contributed by atoms with van der Waals surface area (Å²) in [7, 11) is 0. The van der Waals surface area contributed by atoms with Crippen LogP contribution < -0.4 is 0 Å². The fraction of sp³-hybridized carbons (Fsp3) is 0.286. The number of carbonyl (C=O) groups excluding carboxylic acids is 1. The lowest BCUT2D eigenvalue weighted by Crippen LogP contribution is -2.39. The number of alkyl halides is 3. The third-order valence-corrected chi connectivity index (χ3v) is 3.74. The standard InChI is InChI=1S/C14H10F4N4O3/c15-9-5-7(12(24)25)1-2-8(9)11(23)21-3-4-22-10(6-21)19-20-13(22)14(16,17)18/h1-2,5H,3-4,6H2,(H,24,25). The van der Waals surface area contributed by atoms with Crippen molar-refractivity contribution in [1.82, 2.24) is 19.7 Å². The van der Waals surface area contributed by atoms with Crippen molar-refractivity contribution in [3.8, 4) is 0 Å². The van der Waals surface area contributed by atoms with Crippen molar-refractivity contribution in [3.05, 3.63) is 46.8 Å². The predicted molar refractivity (Wildman–Crippen MR) is 73.1 cm³/mol. The van der Waals surface area contributed by atoms with Crippen LogP contribution in [0.1, 0.15) is 32.4 Å². The second-order valence-corrected chi connectivity index (χ2v) is 5.32. The van der Waals surface area contributed by atoms with Gasteiger partial charge >= 0.3 is 12.1 Å². The second kappa shape index (κ2) is 5.83. The van der Waals surface area contributed by atoms with Gasteiger partial charge in [0, 0.05) is 13.1 Å². The number of nitrogens with zero attached hydrogens (tertiary/aromatic N) is 4. The Labute approximate surface area is 137 Å². The SMILES string of the molecule is O=C(O)c1ccc(C(=O)N2CCn3c(nnc3C(F)(F)F)C2)c(F)c1. The van der Waals surface area contributed by atoms with Crippen LogP contribution >= 0.6 is 0 Å². The molecule has 0 bridgehead atoms. The molecule has 0 spiro atoms. The molecule has 1 aliphatic rings. The van der Waals surface area contributed by atoms with E-state index in [2.05, 4.69) is 10.2 Å². The summed E-state index contributed by atoms with van der Waals surface area (Å²) in [6.07, 6.45) is -4.66. The summed E-state index contributed by atoms with van der Waals surface area (Å²) in [5.41, 5.74) is -0.684. The molecule has 0 aliphatic carbocycles. The molecule has 1 aromatic heterocycles. The quantitative estimate of drug-likeness (QED) is 0.827. The molecule has 25 heavy (non-hydrogen) atoms. The zero-order valence-corrected chi connectivity index (χ0v) is 12.4. The first-order chi connectivity index (χ1) is 11.7. The van der Waals surface area contributed by atoms with E-state index < -0.39 is 29.7 Å². The van der Waals surface area contributed by atoms with Gasteiger partial charge in [0.05, 0.1) is 17.7 Å². The summed E-state index contributed by atoms with van der Waals surface area (Å²) < 4.78 is 53.2. The summed E-state index contributed by atoms with van der Waals surface area (Å²) in [5.74, 6) is -4.34. The van der Waals surface area contributed by atoms with E-state index in [1.165, 1.54) is 0 Å². The van der Waals surface area contributed by atoms with Crippen LogP contribution in [0.15, 0.2) is 18.2 Å². The topological polar surface area (TPSA) is 88.3 Å². The van der Waals surface area contributed by atoms with Gasteiger partial charge < -0.3 is 14.6 Å². The molecular formula is C14H10F4N4O3. The molecule has 3 rings (SSSR count). The molecule has 0 saturated carbocycles. The summed E-state index contributed by atoms with van der Waals surface area (Å²) in [4.78, 5) is 24.3. The fourth-order valence-electron chi connectivity index (χ4n) is 2.53. The van der Waals surface area contributed by atoms with Crippen molar-refractivity contribution in [2.45, 2.75) is 19.3 Å². The van der Waals surface area contributed by atoms with E-state index in [4.69, 9.17) is 5.11 Å². The molecule has 132 valence electrons. The number of carboxylic acids is 1. The van der Waals surface area contributed by atoms with Gasteiger partial charge in [-0.2, -0.15) is 13.2 Å². The van der Waals surface area contributed by atoms with E-state index in [1.54, 1.807) is 0 Å². The molecule has 2 aromatic rings. The molecular weight excluding hydrogens is 348 g/mol. The van der Waals surface area contributed by atoms with Crippen LogP contribution in [0.5, 0.6) is 0 Å². The van der Waals surface area contributed by atoms with Crippen molar-refractivity contribution in [1.29, 1.82) is 0 Å². The maximum absolute atomic E-state index is 14.0. The fourth-order valence-corrected chi connectivity index (χ4v) is 2.53. The van der Waals surface area contributed by atoms with Gasteiger partial charge in [0.1, 0.15) is 5.82 Å². The number of hydrogen-bond acceptors (Lipinski definition) is 4. The highest BCUT2D eigenvalue weighted by molar-refractivity contribution is 5.96. The third-order valence-electron chi connectivity index (χ3n) is 3.74. The molecule has 11 heteroatoms. The first kappa shape index (κ1) is 16.9. The van der Waals surface area contributed by atoms with E-state index in [-0.39, 0.29) is 36.6 Å². The minimum atomic E-state index is -4.66. The van der Waals surface area contributed by atoms with E-state index in [0.29, 0.717) is 6.07 Å². The van der Waals surface area contributed by atoms with Crippen LogP contribution in [0.4, 0.5) is 17.6 Å². The van der Waals surface area contributed by atoms with Crippen LogP contribution in [-0.2, 0) is 19.3 Å². The highest BCUT2D eigenvalue weighted by atomic mass is 19.4. The maximum Gasteiger partial charge on any atom is 0.451 e. The highest BCUT2D eigenvalue weighted by Crippen LogP contribution is 2.29. The average molecular weight is 358 g/mol. The smallest absolute Gasteiger partial charge is 0.451 e. The van der Waals surface area contributed by atoms with Gasteiger partial charge in [-0.1, -0.05) is 0 Å². The molecule has 0 fully saturated rings. The summed E-state index contributed by atoms with van der Waals surface area (Å²) in [5, 5.41) is 15.3. The summed E-state index contributed by atoms with van der Waals surface area (Å²) in [6, 6.07) is 2.82. The van der Waals surface area contributed by atoms with Crippen molar-refractivity contribution in [2.24, 2.45) is 0 Å². The first-order valence-corrected chi connectivity index (χ1v) is 7.00. The lowest BCUT2D eigenvalue weighted by molar-refractivity contribution is -0.147. The number of aromatic nitrogens is 3. The Morgan fingerprint density at radius 1 is 1.16 bits per heavy atom. The van der Waals surface area contributed by atoms with E-state index >= 15 is 0 Å². The number of rotatable bonds is 2. The first-order valence-electron chi connectivity index (χ1n) is 7.00. The van der Waals surface area contributed by atoms with Gasteiger partial charge in [-0.3, -0.25) is 4.79 Å². The Morgan fingerprint density at radius 3 is 2.48 bits per heavy atom. The van der Waals surface area contributed by atoms with Crippen LogP contribution in [0.2, 0.25) is 0 Å². The van der Waals surface area contributed by atoms with Crippen LogP contribution in [0.25, 0.3) is 0 Å². The molecule has 2 heterocycles. The molecule has 0 saturated heterocycles. The Morgan fingerprint density at radius 2 is 1.88 bits per heavy atom. The zero-order chi connectivity index (χ0) is 18.4. The maximum atomic E-state index is 14.0. The normalized spacial score (nSPS) is 14.3. The minimum absolute atomic E-state index is 0.0607. The van der Waals surface area contributed by atoms with Crippen LogP contribution in [0, 0.1) is 5.82 Å². The minimum Gasteiger partial charge on any atom is -0.478 e. The van der Waals surface area contributed by atoms with E-state index in [9.17, 15) is 27.2 Å². The molecule has 0 atom stereocenters. The Hall–Kier alpha value is -2.98. The predicted octanol–water partition coefficient (Wildman–Crippen LogP) is 1.79. The number of hydrogen-bond donors (Lipinski definition) is 1. The van der Waals surface area contributed by atoms with E-state index in [1.807, 2.05) is 0 Å². The molecule has 1 N–H and O–H groups in total. The zero-order valence-electron chi connectivity index (χ0n) is 12.4. The molecule has 1 aliphatic heterocycles. The molecule has 0 radical (unpaired) electrons. The van der Waals surface area contributed by atoms with Gasteiger partial charge in [0.2, 0.25) is 5.82 Å². The summed E-state index contributed by atoms with van der Waals surface area (Å²) in [6.45, 7) is -0.535. The van der Waals surface area contributed by atoms with Crippen LogP contribution in [0.3, 0.4) is 0 Å². The van der Waals surface area contributed by atoms with Gasteiger partial charge in [-0.15, -0.1) is 10.2 Å². The molecule has 1 aromatic carbocycles. The van der Waals surface area contributed by atoms with Crippen molar-refractivity contribution >= 4 is 11.9 Å². The third kappa shape index (κ3) is 3.04. The van der Waals surface area contributed by atoms with Gasteiger partial charge in [-0.05, 0) is 18.2 Å². The lowest BCUT2D eigenvalue weighted by Gasteiger charge is -2.28.